The van der Waals surface area contributed by atoms with Gasteiger partial charge < -0.3 is 15.0 Å². The fraction of sp³-hybridized carbons (Fsp3) is 1.00. The molecule has 0 saturated carbocycles. The van der Waals surface area contributed by atoms with Crippen molar-refractivity contribution in [3.8, 4) is 0 Å². The number of ether oxygens (including phenoxy) is 1. The van der Waals surface area contributed by atoms with Crippen LogP contribution in [0.25, 0.3) is 0 Å². The third kappa shape index (κ3) is 4.93. The van der Waals surface area contributed by atoms with Gasteiger partial charge >= 0.3 is 6.18 Å². The first-order valence-electron chi connectivity index (χ1n) is 7.07. The Balaban J connectivity index is 1.69. The minimum atomic E-state index is -4.21. The van der Waals surface area contributed by atoms with Gasteiger partial charge in [0.2, 0.25) is 0 Å². The zero-order chi connectivity index (χ0) is 13.8. The maximum absolute atomic E-state index is 12.0. The highest BCUT2D eigenvalue weighted by Crippen LogP contribution is 2.35. The Labute approximate surface area is 112 Å². The van der Waals surface area contributed by atoms with Crippen LogP contribution in [0, 0.1) is 5.41 Å². The standard InChI is InChI=1S/C13H23F3N2O/c14-13(15,16)11-19-8-7-18-6-2-4-12(10-18)3-1-5-17-9-12/h17H,1-11H2. The lowest BCUT2D eigenvalue weighted by molar-refractivity contribution is -0.175. The van der Waals surface area contributed by atoms with Gasteiger partial charge in [0.05, 0.1) is 6.61 Å². The lowest BCUT2D eigenvalue weighted by Gasteiger charge is -2.45. The number of hydrogen-bond acceptors (Lipinski definition) is 3. The number of rotatable bonds is 4. The van der Waals surface area contributed by atoms with Crippen molar-refractivity contribution in [3.63, 3.8) is 0 Å². The summed E-state index contributed by atoms with van der Waals surface area (Å²) in [5.74, 6) is 0. The third-order valence-corrected chi connectivity index (χ3v) is 4.12. The highest BCUT2D eigenvalue weighted by molar-refractivity contribution is 4.91. The summed E-state index contributed by atoms with van der Waals surface area (Å²) in [5, 5.41) is 3.45. The molecule has 2 heterocycles. The van der Waals surface area contributed by atoms with Crippen molar-refractivity contribution in [2.75, 3.05) is 45.9 Å². The van der Waals surface area contributed by atoms with Crippen molar-refractivity contribution >= 4 is 0 Å². The first kappa shape index (κ1) is 15.1. The molecule has 1 atom stereocenters. The van der Waals surface area contributed by atoms with Gasteiger partial charge in [-0.2, -0.15) is 13.2 Å². The van der Waals surface area contributed by atoms with Crippen molar-refractivity contribution in [3.05, 3.63) is 0 Å². The second-order valence-electron chi connectivity index (χ2n) is 5.83. The van der Waals surface area contributed by atoms with E-state index in [1.807, 2.05) is 0 Å². The van der Waals surface area contributed by atoms with Crippen LogP contribution in [-0.2, 0) is 4.74 Å². The van der Waals surface area contributed by atoms with Gasteiger partial charge in [-0.1, -0.05) is 0 Å². The summed E-state index contributed by atoms with van der Waals surface area (Å²) in [7, 11) is 0. The van der Waals surface area contributed by atoms with Crippen molar-refractivity contribution < 1.29 is 17.9 Å². The molecule has 1 unspecified atom stereocenters. The molecule has 1 spiro atoms. The molecule has 0 aromatic carbocycles. The van der Waals surface area contributed by atoms with Crippen LogP contribution >= 0.6 is 0 Å². The van der Waals surface area contributed by atoms with E-state index < -0.39 is 12.8 Å². The van der Waals surface area contributed by atoms with Gasteiger partial charge in [0, 0.05) is 19.6 Å². The zero-order valence-electron chi connectivity index (χ0n) is 11.3. The Kier molecular flexibility index (Phi) is 5.09. The predicted molar refractivity (Wildman–Crippen MR) is 67.1 cm³/mol. The first-order valence-corrected chi connectivity index (χ1v) is 7.07. The second-order valence-corrected chi connectivity index (χ2v) is 5.83. The van der Waals surface area contributed by atoms with Crippen LogP contribution in [0.2, 0.25) is 0 Å². The number of alkyl halides is 3. The highest BCUT2D eigenvalue weighted by atomic mass is 19.4. The van der Waals surface area contributed by atoms with Crippen LogP contribution in [0.1, 0.15) is 25.7 Å². The Hall–Kier alpha value is -0.330. The lowest BCUT2D eigenvalue weighted by Crippen LogP contribution is -2.51. The van der Waals surface area contributed by atoms with Gasteiger partial charge in [0.1, 0.15) is 6.61 Å². The quantitative estimate of drug-likeness (QED) is 0.798. The van der Waals surface area contributed by atoms with E-state index in [-0.39, 0.29) is 6.61 Å². The van der Waals surface area contributed by atoms with Crippen molar-refractivity contribution in [1.82, 2.24) is 10.2 Å². The molecule has 2 rings (SSSR count). The average Bonchev–Trinajstić information content (AvgIpc) is 2.35. The molecule has 2 saturated heterocycles. The Bertz CT molecular complexity index is 272. The largest absolute Gasteiger partial charge is 0.411 e. The topological polar surface area (TPSA) is 24.5 Å². The van der Waals surface area contributed by atoms with Gasteiger partial charge in [0.15, 0.2) is 0 Å². The molecule has 0 aromatic heterocycles. The molecule has 2 aliphatic rings. The Morgan fingerprint density at radius 1 is 1.21 bits per heavy atom. The summed E-state index contributed by atoms with van der Waals surface area (Å²) in [6, 6.07) is 0. The van der Waals surface area contributed by atoms with Crippen LogP contribution in [-0.4, -0.2) is 57.0 Å². The highest BCUT2D eigenvalue weighted by Gasteiger charge is 2.36. The summed E-state index contributed by atoms with van der Waals surface area (Å²) in [5.41, 5.74) is 0.348. The van der Waals surface area contributed by atoms with E-state index >= 15 is 0 Å². The number of likely N-dealkylation sites (tertiary alicyclic amines) is 1. The first-order chi connectivity index (χ1) is 8.99. The number of hydrogen-bond donors (Lipinski definition) is 1. The van der Waals surface area contributed by atoms with Gasteiger partial charge in [-0.15, -0.1) is 0 Å². The molecule has 3 nitrogen and oxygen atoms in total. The summed E-state index contributed by atoms with van der Waals surface area (Å²) in [6.07, 6.45) is 0.607. The van der Waals surface area contributed by atoms with Gasteiger partial charge in [0.25, 0.3) is 0 Å². The minimum Gasteiger partial charge on any atom is -0.371 e. The number of halogens is 3. The van der Waals surface area contributed by atoms with Crippen LogP contribution in [0.4, 0.5) is 13.2 Å². The monoisotopic (exact) mass is 280 g/mol. The van der Waals surface area contributed by atoms with E-state index in [4.69, 9.17) is 4.74 Å². The molecule has 0 radical (unpaired) electrons. The molecule has 19 heavy (non-hydrogen) atoms. The summed E-state index contributed by atoms with van der Waals surface area (Å²) < 4.78 is 40.6. The molecule has 0 aromatic rings. The van der Waals surface area contributed by atoms with E-state index in [0.717, 1.165) is 32.6 Å². The fourth-order valence-corrected chi connectivity index (χ4v) is 3.26. The number of nitrogens with zero attached hydrogens (tertiary/aromatic N) is 1. The van der Waals surface area contributed by atoms with Crippen LogP contribution < -0.4 is 5.32 Å². The molecule has 2 aliphatic heterocycles. The van der Waals surface area contributed by atoms with Crippen molar-refractivity contribution in [2.24, 2.45) is 5.41 Å². The Morgan fingerprint density at radius 3 is 2.68 bits per heavy atom. The summed E-state index contributed by atoms with van der Waals surface area (Å²) in [6.45, 7) is 3.77. The Morgan fingerprint density at radius 2 is 2.00 bits per heavy atom. The van der Waals surface area contributed by atoms with E-state index in [1.165, 1.54) is 19.3 Å². The normalized spacial score (nSPS) is 29.8. The predicted octanol–water partition coefficient (Wildman–Crippen LogP) is 2.03. The van der Waals surface area contributed by atoms with Crippen LogP contribution in [0.15, 0.2) is 0 Å². The third-order valence-electron chi connectivity index (χ3n) is 4.12. The van der Waals surface area contributed by atoms with Crippen molar-refractivity contribution in [2.45, 2.75) is 31.9 Å². The van der Waals surface area contributed by atoms with E-state index in [1.54, 1.807) is 0 Å². The molecular weight excluding hydrogens is 257 g/mol. The zero-order valence-corrected chi connectivity index (χ0v) is 11.3. The van der Waals surface area contributed by atoms with Crippen LogP contribution in [0.5, 0.6) is 0 Å². The van der Waals surface area contributed by atoms with Crippen LogP contribution in [0.3, 0.4) is 0 Å². The van der Waals surface area contributed by atoms with E-state index in [2.05, 4.69) is 10.2 Å². The van der Waals surface area contributed by atoms with E-state index in [0.29, 0.717) is 12.0 Å². The number of nitrogens with one attached hydrogen (secondary N) is 1. The molecule has 0 amide bonds. The average molecular weight is 280 g/mol. The minimum absolute atomic E-state index is 0.170. The summed E-state index contributed by atoms with van der Waals surface area (Å²) in [4.78, 5) is 2.26. The van der Waals surface area contributed by atoms with Gasteiger partial charge in [-0.25, -0.2) is 0 Å². The van der Waals surface area contributed by atoms with Gasteiger partial charge in [-0.05, 0) is 44.2 Å². The molecule has 0 aliphatic carbocycles. The molecular formula is C13H23F3N2O. The maximum Gasteiger partial charge on any atom is 0.411 e. The smallest absolute Gasteiger partial charge is 0.371 e. The second kappa shape index (κ2) is 6.41. The SMILES string of the molecule is FC(F)(F)COCCN1CCCC2(CCCNC2)C1. The fourth-order valence-electron chi connectivity index (χ4n) is 3.26. The molecule has 1 N–H and O–H groups in total. The lowest BCUT2D eigenvalue weighted by atomic mass is 9.74. The van der Waals surface area contributed by atoms with E-state index in [9.17, 15) is 13.2 Å². The molecule has 0 bridgehead atoms. The molecule has 6 heteroatoms. The molecule has 2 fully saturated rings. The van der Waals surface area contributed by atoms with Gasteiger partial charge in [-0.3, -0.25) is 0 Å². The molecule has 112 valence electrons. The summed E-state index contributed by atoms with van der Waals surface area (Å²) >= 11 is 0. The van der Waals surface area contributed by atoms with Crippen molar-refractivity contribution in [1.29, 1.82) is 0 Å². The number of piperidine rings is 2. The maximum atomic E-state index is 12.0.